The van der Waals surface area contributed by atoms with Gasteiger partial charge in [-0.15, -0.1) is 0 Å². The van der Waals surface area contributed by atoms with Crippen molar-refractivity contribution < 1.29 is 0 Å². The predicted molar refractivity (Wildman–Crippen MR) is 55.3 cm³/mol. The lowest BCUT2D eigenvalue weighted by molar-refractivity contribution is 0.580. The molecule has 1 aromatic heterocycles. The van der Waals surface area contributed by atoms with Crippen molar-refractivity contribution in [2.45, 2.75) is 33.2 Å². The topological polar surface area (TPSA) is 38.9 Å². The molecule has 0 saturated heterocycles. The Hall–Kier alpha value is -0.890. The predicted octanol–water partition coefficient (Wildman–Crippen LogP) is 2.13. The molecule has 1 rings (SSSR count). The van der Waals surface area contributed by atoms with Gasteiger partial charge >= 0.3 is 0 Å². The minimum absolute atomic E-state index is 0.537. The van der Waals surface area contributed by atoms with E-state index in [1.807, 2.05) is 12.1 Å². The molecule has 0 aliphatic heterocycles. The van der Waals surface area contributed by atoms with Crippen LogP contribution >= 0.6 is 0 Å². The monoisotopic (exact) mass is 178 g/mol. The summed E-state index contributed by atoms with van der Waals surface area (Å²) in [4.78, 5) is 4.44. The van der Waals surface area contributed by atoms with Gasteiger partial charge in [-0.3, -0.25) is 4.98 Å². The number of pyridine rings is 1. The van der Waals surface area contributed by atoms with Gasteiger partial charge in [0, 0.05) is 12.2 Å². The van der Waals surface area contributed by atoms with Crippen molar-refractivity contribution in [1.29, 1.82) is 0 Å². The van der Waals surface area contributed by atoms with Gasteiger partial charge in [0.25, 0.3) is 0 Å². The van der Waals surface area contributed by atoms with E-state index in [4.69, 9.17) is 5.73 Å². The maximum atomic E-state index is 5.51. The molecule has 0 unspecified atom stereocenters. The third kappa shape index (κ3) is 3.55. The van der Waals surface area contributed by atoms with Crippen molar-refractivity contribution in [1.82, 2.24) is 4.98 Å². The van der Waals surface area contributed by atoms with Gasteiger partial charge in [0.05, 0.1) is 5.69 Å². The first-order valence-electron chi connectivity index (χ1n) is 4.87. The standard InChI is InChI=1S/C11H18N2/c1-9(2)6-7-10-4-3-5-11(8-12)13-10/h3-5,9H,6-8,12H2,1-2H3. The Morgan fingerprint density at radius 2 is 2.00 bits per heavy atom. The summed E-state index contributed by atoms with van der Waals surface area (Å²) in [6, 6.07) is 6.07. The lowest BCUT2D eigenvalue weighted by atomic mass is 10.1. The van der Waals surface area contributed by atoms with Crippen molar-refractivity contribution in [3.8, 4) is 0 Å². The van der Waals surface area contributed by atoms with Crippen LogP contribution in [-0.4, -0.2) is 4.98 Å². The molecular weight excluding hydrogens is 160 g/mol. The zero-order valence-corrected chi connectivity index (χ0v) is 8.46. The third-order valence-electron chi connectivity index (χ3n) is 2.05. The highest BCUT2D eigenvalue weighted by Gasteiger charge is 1.98. The highest BCUT2D eigenvalue weighted by atomic mass is 14.7. The van der Waals surface area contributed by atoms with Crippen molar-refractivity contribution in [3.05, 3.63) is 29.6 Å². The Kier molecular flexibility index (Phi) is 3.90. The van der Waals surface area contributed by atoms with Crippen LogP contribution in [0.5, 0.6) is 0 Å². The molecule has 0 bridgehead atoms. The second-order valence-electron chi connectivity index (χ2n) is 3.76. The summed E-state index contributed by atoms with van der Waals surface area (Å²) < 4.78 is 0. The molecule has 2 N–H and O–H groups in total. The Balaban J connectivity index is 2.56. The molecule has 0 saturated carbocycles. The van der Waals surface area contributed by atoms with E-state index >= 15 is 0 Å². The zero-order valence-electron chi connectivity index (χ0n) is 8.46. The van der Waals surface area contributed by atoms with Crippen LogP contribution in [0, 0.1) is 5.92 Å². The maximum absolute atomic E-state index is 5.51. The molecule has 2 nitrogen and oxygen atoms in total. The van der Waals surface area contributed by atoms with Crippen LogP contribution in [0.25, 0.3) is 0 Å². The highest BCUT2D eigenvalue weighted by Crippen LogP contribution is 2.07. The molecule has 1 aromatic rings. The first-order valence-corrected chi connectivity index (χ1v) is 4.87. The third-order valence-corrected chi connectivity index (χ3v) is 2.05. The second kappa shape index (κ2) is 4.97. The van der Waals surface area contributed by atoms with Crippen LogP contribution in [0.1, 0.15) is 31.7 Å². The molecule has 0 amide bonds. The van der Waals surface area contributed by atoms with Gasteiger partial charge in [0.15, 0.2) is 0 Å². The highest BCUT2D eigenvalue weighted by molar-refractivity contribution is 5.11. The van der Waals surface area contributed by atoms with Crippen molar-refractivity contribution in [2.75, 3.05) is 0 Å². The summed E-state index contributed by atoms with van der Waals surface area (Å²) in [7, 11) is 0. The first kappa shape index (κ1) is 10.2. The molecule has 0 spiro atoms. The zero-order chi connectivity index (χ0) is 9.68. The normalized spacial score (nSPS) is 10.8. The van der Waals surface area contributed by atoms with Crippen LogP contribution in [0.3, 0.4) is 0 Å². The van der Waals surface area contributed by atoms with Crippen molar-refractivity contribution in [3.63, 3.8) is 0 Å². The lowest BCUT2D eigenvalue weighted by Gasteiger charge is -2.04. The summed E-state index contributed by atoms with van der Waals surface area (Å²) in [6.45, 7) is 5.00. The van der Waals surface area contributed by atoms with E-state index in [0.717, 1.165) is 23.7 Å². The van der Waals surface area contributed by atoms with Crippen LogP contribution in [0.4, 0.5) is 0 Å². The van der Waals surface area contributed by atoms with Crippen LogP contribution in [-0.2, 0) is 13.0 Å². The fourth-order valence-electron chi connectivity index (χ4n) is 1.22. The van der Waals surface area contributed by atoms with Gasteiger partial charge in [-0.2, -0.15) is 0 Å². The minimum Gasteiger partial charge on any atom is -0.325 e. The minimum atomic E-state index is 0.537. The van der Waals surface area contributed by atoms with Crippen LogP contribution in [0.15, 0.2) is 18.2 Å². The van der Waals surface area contributed by atoms with E-state index in [1.165, 1.54) is 6.42 Å². The van der Waals surface area contributed by atoms with Crippen molar-refractivity contribution >= 4 is 0 Å². The maximum Gasteiger partial charge on any atom is 0.0542 e. The largest absolute Gasteiger partial charge is 0.325 e. The van der Waals surface area contributed by atoms with Gasteiger partial charge in [-0.1, -0.05) is 19.9 Å². The molecule has 0 radical (unpaired) electrons. The number of aryl methyl sites for hydroxylation is 1. The van der Waals surface area contributed by atoms with Gasteiger partial charge in [0.1, 0.15) is 0 Å². The molecule has 0 aromatic carbocycles. The van der Waals surface area contributed by atoms with Gasteiger partial charge in [-0.25, -0.2) is 0 Å². The van der Waals surface area contributed by atoms with E-state index in [-0.39, 0.29) is 0 Å². The quantitative estimate of drug-likeness (QED) is 0.767. The van der Waals surface area contributed by atoms with Crippen molar-refractivity contribution in [2.24, 2.45) is 11.7 Å². The Morgan fingerprint density at radius 3 is 2.62 bits per heavy atom. The molecule has 2 heteroatoms. The molecule has 0 fully saturated rings. The fraction of sp³-hybridized carbons (Fsp3) is 0.545. The first-order chi connectivity index (χ1) is 6.22. The van der Waals surface area contributed by atoms with E-state index in [9.17, 15) is 0 Å². The molecule has 1 heterocycles. The number of rotatable bonds is 4. The van der Waals surface area contributed by atoms with E-state index in [0.29, 0.717) is 6.54 Å². The number of hydrogen-bond donors (Lipinski definition) is 1. The van der Waals surface area contributed by atoms with Crippen LogP contribution < -0.4 is 5.73 Å². The Bertz CT molecular complexity index is 256. The molecular formula is C11H18N2. The molecule has 0 atom stereocenters. The van der Waals surface area contributed by atoms with E-state index in [2.05, 4.69) is 24.9 Å². The van der Waals surface area contributed by atoms with Gasteiger partial charge in [0.2, 0.25) is 0 Å². The Labute approximate surface area is 80.2 Å². The number of nitrogens with zero attached hydrogens (tertiary/aromatic N) is 1. The van der Waals surface area contributed by atoms with Gasteiger partial charge < -0.3 is 5.73 Å². The van der Waals surface area contributed by atoms with Gasteiger partial charge in [-0.05, 0) is 30.9 Å². The second-order valence-corrected chi connectivity index (χ2v) is 3.76. The SMILES string of the molecule is CC(C)CCc1cccc(CN)n1. The summed E-state index contributed by atoms with van der Waals surface area (Å²) in [5.41, 5.74) is 7.66. The summed E-state index contributed by atoms with van der Waals surface area (Å²) in [5.74, 6) is 0.739. The summed E-state index contributed by atoms with van der Waals surface area (Å²) >= 11 is 0. The molecule has 13 heavy (non-hydrogen) atoms. The molecule has 0 aliphatic rings. The summed E-state index contributed by atoms with van der Waals surface area (Å²) in [6.07, 6.45) is 2.26. The number of nitrogens with two attached hydrogens (primary N) is 1. The van der Waals surface area contributed by atoms with E-state index < -0.39 is 0 Å². The average Bonchev–Trinajstić information content (AvgIpc) is 2.15. The number of aromatic nitrogens is 1. The van der Waals surface area contributed by atoms with E-state index in [1.54, 1.807) is 0 Å². The average molecular weight is 178 g/mol. The molecule has 0 aliphatic carbocycles. The molecule has 72 valence electrons. The number of hydrogen-bond acceptors (Lipinski definition) is 2. The lowest BCUT2D eigenvalue weighted by Crippen LogP contribution is -2.02. The van der Waals surface area contributed by atoms with Crippen LogP contribution in [0.2, 0.25) is 0 Å². The Morgan fingerprint density at radius 1 is 1.31 bits per heavy atom. The smallest absolute Gasteiger partial charge is 0.0542 e. The summed E-state index contributed by atoms with van der Waals surface area (Å²) in [5, 5.41) is 0. The fourth-order valence-corrected chi connectivity index (χ4v) is 1.22.